The maximum Gasteiger partial charge on any atom is 0.254 e. The van der Waals surface area contributed by atoms with Crippen molar-refractivity contribution >= 4 is 23.5 Å². The maximum atomic E-state index is 13.9. The number of carbonyl (C=O) groups is 1. The Hall–Kier alpha value is -3.54. The van der Waals surface area contributed by atoms with Crippen LogP contribution < -0.4 is 25.2 Å². The molecule has 2 N–H and O–H groups in total. The van der Waals surface area contributed by atoms with Crippen molar-refractivity contribution in [2.24, 2.45) is 5.92 Å². The van der Waals surface area contributed by atoms with Gasteiger partial charge in [-0.1, -0.05) is 0 Å². The Morgan fingerprint density at radius 3 is 2.46 bits per heavy atom. The number of aromatic nitrogens is 2. The number of aryl methyl sites for hydroxylation is 1. The highest BCUT2D eigenvalue weighted by molar-refractivity contribution is 7.98. The van der Waals surface area contributed by atoms with Gasteiger partial charge in [0.05, 0.1) is 12.2 Å². The summed E-state index contributed by atoms with van der Waals surface area (Å²) in [6, 6.07) is 7.85. The smallest absolute Gasteiger partial charge is 0.254 e. The van der Waals surface area contributed by atoms with Crippen LogP contribution in [0.15, 0.2) is 40.2 Å². The largest absolute Gasteiger partial charge is 0.448 e. The molecule has 1 aromatic carbocycles. The van der Waals surface area contributed by atoms with Gasteiger partial charge >= 0.3 is 0 Å². The van der Waals surface area contributed by atoms with E-state index >= 15 is 0 Å². The standard InChI is InChI=1S/C35H45N5O5S/c1-20-14-29(46-7)28(34(42)38-20)17-37-33(41)26-15-27(24-8-9-30(36-16-24)40-18-21(2)43-22(3)19-40)32-31(23(26)4)44-35(5,45-32)25-10-12-39(6)13-11-25/h8-9,14-16,21-22,25H,10-13,17-19H2,1-7H3,(H,37,41)(H,38,42)/t21-,22+,35?. The van der Waals surface area contributed by atoms with Gasteiger partial charge in [-0.2, -0.15) is 0 Å². The molecule has 10 nitrogen and oxygen atoms in total. The summed E-state index contributed by atoms with van der Waals surface area (Å²) in [7, 11) is 2.14. The fourth-order valence-electron chi connectivity index (χ4n) is 6.93. The second kappa shape index (κ2) is 12.9. The van der Waals surface area contributed by atoms with Crippen LogP contribution in [-0.2, 0) is 11.3 Å². The van der Waals surface area contributed by atoms with Gasteiger partial charge in [0.25, 0.3) is 17.3 Å². The lowest BCUT2D eigenvalue weighted by Crippen LogP contribution is -2.48. The number of amides is 1. The van der Waals surface area contributed by atoms with Crippen molar-refractivity contribution in [2.75, 3.05) is 44.4 Å². The Morgan fingerprint density at radius 1 is 1.11 bits per heavy atom. The number of anilines is 1. The first kappa shape index (κ1) is 32.4. The Morgan fingerprint density at radius 2 is 1.80 bits per heavy atom. The Labute approximate surface area is 275 Å². The van der Waals surface area contributed by atoms with E-state index in [0.29, 0.717) is 28.2 Å². The molecule has 2 fully saturated rings. The Balaban J connectivity index is 1.35. The lowest BCUT2D eigenvalue weighted by molar-refractivity contribution is -0.123. The molecule has 3 aliphatic rings. The van der Waals surface area contributed by atoms with E-state index in [9.17, 15) is 9.59 Å². The van der Waals surface area contributed by atoms with Crippen LogP contribution in [0.2, 0.25) is 0 Å². The SMILES string of the molecule is CSc1cc(C)[nH]c(=O)c1CNC(=O)c1cc(-c2ccc(N3C[C@@H](C)O[C@@H](C)C3)nc2)c2c(c1C)OC(C)(C1CCN(C)CC1)O2. The fourth-order valence-corrected chi connectivity index (χ4v) is 7.64. The third-order valence-electron chi connectivity index (χ3n) is 9.48. The molecule has 0 aliphatic carbocycles. The Kier molecular flexibility index (Phi) is 9.11. The number of likely N-dealkylation sites (tertiary alicyclic amines) is 1. The third-order valence-corrected chi connectivity index (χ3v) is 10.3. The van der Waals surface area contributed by atoms with Gasteiger partial charge in [0.15, 0.2) is 11.5 Å². The molecule has 2 saturated heterocycles. The van der Waals surface area contributed by atoms with Crippen LogP contribution >= 0.6 is 11.8 Å². The summed E-state index contributed by atoms with van der Waals surface area (Å²) in [4.78, 5) is 39.7. The molecule has 0 radical (unpaired) electrons. The van der Waals surface area contributed by atoms with Crippen LogP contribution in [0, 0.1) is 19.8 Å². The number of benzene rings is 1. The number of morpholine rings is 1. The highest BCUT2D eigenvalue weighted by atomic mass is 32.2. The van der Waals surface area contributed by atoms with Gasteiger partial charge in [-0.15, -0.1) is 11.8 Å². The van der Waals surface area contributed by atoms with Crippen molar-refractivity contribution in [3.8, 4) is 22.6 Å². The number of carbonyl (C=O) groups excluding carboxylic acids is 1. The number of pyridine rings is 2. The van der Waals surface area contributed by atoms with E-state index < -0.39 is 5.79 Å². The molecule has 0 bridgehead atoms. The number of H-pyrrole nitrogens is 1. The van der Waals surface area contributed by atoms with Crippen LogP contribution in [0.25, 0.3) is 11.1 Å². The van der Waals surface area contributed by atoms with Gasteiger partial charge in [-0.05, 0) is 91.2 Å². The summed E-state index contributed by atoms with van der Waals surface area (Å²) in [5.41, 5.74) is 3.88. The molecule has 3 atom stereocenters. The normalized spacial score (nSPS) is 23.5. The van der Waals surface area contributed by atoms with Gasteiger partial charge in [-0.25, -0.2) is 4.98 Å². The van der Waals surface area contributed by atoms with Crippen molar-refractivity contribution in [1.29, 1.82) is 0 Å². The average Bonchev–Trinajstić information content (AvgIpc) is 3.39. The van der Waals surface area contributed by atoms with E-state index in [0.717, 1.165) is 66.6 Å². The molecule has 6 rings (SSSR count). The number of nitrogens with one attached hydrogen (secondary N) is 2. The van der Waals surface area contributed by atoms with E-state index in [-0.39, 0.29) is 36.1 Å². The molecule has 2 aromatic heterocycles. The van der Waals surface area contributed by atoms with Gasteiger partial charge in [0.1, 0.15) is 5.82 Å². The van der Waals surface area contributed by atoms with Crippen molar-refractivity contribution in [3.63, 3.8) is 0 Å². The molecule has 5 heterocycles. The molecular formula is C35H45N5O5S. The van der Waals surface area contributed by atoms with Crippen LogP contribution in [0.3, 0.4) is 0 Å². The Bertz CT molecular complexity index is 1660. The number of hydrogen-bond acceptors (Lipinski definition) is 9. The first-order valence-corrected chi connectivity index (χ1v) is 17.3. The minimum Gasteiger partial charge on any atom is -0.448 e. The quantitative estimate of drug-likeness (QED) is 0.337. The molecule has 246 valence electrons. The molecule has 3 aromatic rings. The van der Waals surface area contributed by atoms with Gasteiger partial charge in [0.2, 0.25) is 0 Å². The summed E-state index contributed by atoms with van der Waals surface area (Å²) < 4.78 is 19.4. The summed E-state index contributed by atoms with van der Waals surface area (Å²) in [6.45, 7) is 13.5. The second-order valence-electron chi connectivity index (χ2n) is 13.1. The monoisotopic (exact) mass is 647 g/mol. The van der Waals surface area contributed by atoms with Crippen LogP contribution in [0.1, 0.15) is 60.8 Å². The first-order chi connectivity index (χ1) is 22.0. The summed E-state index contributed by atoms with van der Waals surface area (Å²) in [6.07, 6.45) is 5.93. The van der Waals surface area contributed by atoms with E-state index in [2.05, 4.69) is 41.0 Å². The minimum absolute atomic E-state index is 0.105. The molecule has 11 heteroatoms. The molecule has 0 spiro atoms. The molecule has 1 amide bonds. The predicted octanol–water partition coefficient (Wildman–Crippen LogP) is 5.15. The number of ether oxygens (including phenoxy) is 3. The van der Waals surface area contributed by atoms with Crippen LogP contribution in [0.5, 0.6) is 11.5 Å². The number of rotatable bonds is 7. The molecule has 1 unspecified atom stereocenters. The number of piperidine rings is 1. The highest BCUT2D eigenvalue weighted by Gasteiger charge is 2.47. The van der Waals surface area contributed by atoms with Crippen molar-refractivity contribution < 1.29 is 19.0 Å². The van der Waals surface area contributed by atoms with E-state index in [4.69, 9.17) is 19.2 Å². The summed E-state index contributed by atoms with van der Waals surface area (Å²) in [5, 5.41) is 3.00. The number of nitrogens with zero attached hydrogens (tertiary/aromatic N) is 3. The molecule has 3 aliphatic heterocycles. The summed E-state index contributed by atoms with van der Waals surface area (Å²) >= 11 is 1.49. The average molecular weight is 648 g/mol. The van der Waals surface area contributed by atoms with Gasteiger partial charge in [0, 0.05) is 77.1 Å². The number of hydrogen-bond donors (Lipinski definition) is 2. The zero-order valence-corrected chi connectivity index (χ0v) is 28.7. The summed E-state index contributed by atoms with van der Waals surface area (Å²) in [5.74, 6) is 1.17. The maximum absolute atomic E-state index is 13.9. The van der Waals surface area contributed by atoms with E-state index in [1.807, 2.05) is 57.5 Å². The zero-order valence-electron chi connectivity index (χ0n) is 27.9. The van der Waals surface area contributed by atoms with E-state index in [1.54, 1.807) is 0 Å². The lowest BCUT2D eigenvalue weighted by Gasteiger charge is -2.37. The number of thioether (sulfide) groups is 1. The topological polar surface area (TPSA) is 109 Å². The zero-order chi connectivity index (χ0) is 32.7. The van der Waals surface area contributed by atoms with Crippen molar-refractivity contribution in [2.45, 2.75) is 76.9 Å². The van der Waals surface area contributed by atoms with Crippen LogP contribution in [0.4, 0.5) is 5.82 Å². The van der Waals surface area contributed by atoms with E-state index in [1.165, 1.54) is 11.8 Å². The molecule has 46 heavy (non-hydrogen) atoms. The molecule has 0 saturated carbocycles. The van der Waals surface area contributed by atoms with Gasteiger partial charge < -0.3 is 34.3 Å². The van der Waals surface area contributed by atoms with Gasteiger partial charge in [-0.3, -0.25) is 9.59 Å². The lowest BCUT2D eigenvalue weighted by atomic mass is 9.89. The number of aromatic amines is 1. The minimum atomic E-state index is -0.853. The highest BCUT2D eigenvalue weighted by Crippen LogP contribution is 2.52. The third kappa shape index (κ3) is 6.37. The number of fused-ring (bicyclic) bond motifs is 1. The second-order valence-corrected chi connectivity index (χ2v) is 14.0. The predicted molar refractivity (Wildman–Crippen MR) is 181 cm³/mol. The fraction of sp³-hybridized carbons (Fsp3) is 0.514. The van der Waals surface area contributed by atoms with Crippen LogP contribution in [-0.4, -0.2) is 78.3 Å². The van der Waals surface area contributed by atoms with Crippen molar-refractivity contribution in [1.82, 2.24) is 20.2 Å². The first-order valence-electron chi connectivity index (χ1n) is 16.1. The van der Waals surface area contributed by atoms with Crippen molar-refractivity contribution in [3.05, 3.63) is 63.2 Å². The molecular weight excluding hydrogens is 602 g/mol.